The molecule has 17 nitrogen and oxygen atoms in total. The number of carbonyl (C=O) groups excluding carboxylic acids is 4. The Bertz CT molecular complexity index is 2300. The Morgan fingerprint density at radius 1 is 0.279 bits per heavy atom. The van der Waals surface area contributed by atoms with Crippen LogP contribution in [0.25, 0.3) is 0 Å². The van der Waals surface area contributed by atoms with E-state index in [4.69, 9.17) is 37.0 Å². The number of carbonyl (C=O) groups is 4. The summed E-state index contributed by atoms with van der Waals surface area (Å²) in [6, 6.07) is 0. The maximum absolute atomic E-state index is 13.1. The van der Waals surface area contributed by atoms with Crippen LogP contribution < -0.4 is 0 Å². The van der Waals surface area contributed by atoms with Crippen molar-refractivity contribution in [1.29, 1.82) is 0 Å². The lowest BCUT2D eigenvalue weighted by Crippen LogP contribution is -2.30. The van der Waals surface area contributed by atoms with Crippen molar-refractivity contribution in [2.75, 3.05) is 39.6 Å². The number of phosphoric ester groups is 2. The molecule has 0 bridgehead atoms. The molecule has 0 rings (SSSR count). The van der Waals surface area contributed by atoms with Crippen LogP contribution in [0.5, 0.6) is 0 Å². The minimum absolute atomic E-state index is 0.0937. The van der Waals surface area contributed by atoms with Gasteiger partial charge in [0.05, 0.1) is 26.4 Å². The molecule has 0 spiro atoms. The Morgan fingerprint density at radius 2 is 0.500 bits per heavy atom. The molecule has 104 heavy (non-hydrogen) atoms. The molecule has 5 atom stereocenters. The highest BCUT2D eigenvalue weighted by atomic mass is 31.2. The number of rotatable bonds is 79. The molecule has 0 aliphatic rings. The molecule has 5 unspecified atom stereocenters. The molecule has 0 aliphatic carbocycles. The van der Waals surface area contributed by atoms with Crippen LogP contribution in [0.3, 0.4) is 0 Å². The Hall–Kier alpha value is -3.76. The van der Waals surface area contributed by atoms with Gasteiger partial charge >= 0.3 is 39.5 Å². The molecular weight excluding hydrogens is 1350 g/mol. The number of allylic oxidation sites excluding steroid dienone is 14. The smallest absolute Gasteiger partial charge is 0.462 e. The van der Waals surface area contributed by atoms with Gasteiger partial charge in [-0.05, 0) is 103 Å². The lowest BCUT2D eigenvalue weighted by Gasteiger charge is -2.21. The van der Waals surface area contributed by atoms with Gasteiger partial charge < -0.3 is 33.8 Å². The first-order valence-electron chi connectivity index (χ1n) is 41.8. The molecule has 604 valence electrons. The monoisotopic (exact) mass is 1510 g/mol. The topological polar surface area (TPSA) is 237 Å². The summed E-state index contributed by atoms with van der Waals surface area (Å²) in [4.78, 5) is 73.1. The fraction of sp³-hybridized carbons (Fsp3) is 0.788. The maximum atomic E-state index is 13.1. The van der Waals surface area contributed by atoms with E-state index in [0.29, 0.717) is 25.7 Å². The van der Waals surface area contributed by atoms with Crippen LogP contribution in [-0.2, 0) is 65.4 Å². The molecule has 0 saturated heterocycles. The van der Waals surface area contributed by atoms with E-state index in [1.807, 2.05) is 0 Å². The zero-order valence-corrected chi connectivity index (χ0v) is 68.0. The lowest BCUT2D eigenvalue weighted by atomic mass is 10.0. The van der Waals surface area contributed by atoms with E-state index in [1.165, 1.54) is 135 Å². The molecule has 0 aromatic rings. The van der Waals surface area contributed by atoms with Gasteiger partial charge in [-0.3, -0.25) is 37.3 Å². The summed E-state index contributed by atoms with van der Waals surface area (Å²) < 4.78 is 68.7. The van der Waals surface area contributed by atoms with E-state index in [9.17, 15) is 43.2 Å². The van der Waals surface area contributed by atoms with Crippen molar-refractivity contribution < 1.29 is 80.2 Å². The van der Waals surface area contributed by atoms with E-state index in [2.05, 4.69) is 113 Å². The minimum atomic E-state index is -4.98. The van der Waals surface area contributed by atoms with Gasteiger partial charge in [0.15, 0.2) is 12.2 Å². The average molecular weight is 1510 g/mol. The number of hydrogen-bond acceptors (Lipinski definition) is 15. The highest BCUT2D eigenvalue weighted by molar-refractivity contribution is 7.47. The average Bonchev–Trinajstić information content (AvgIpc) is 0.918. The predicted octanol–water partition coefficient (Wildman–Crippen LogP) is 24.6. The Morgan fingerprint density at radius 3 is 0.788 bits per heavy atom. The third kappa shape index (κ3) is 76.4. The predicted molar refractivity (Wildman–Crippen MR) is 427 cm³/mol. The van der Waals surface area contributed by atoms with Crippen molar-refractivity contribution in [3.63, 3.8) is 0 Å². The Labute approximate surface area is 634 Å². The van der Waals surface area contributed by atoms with Crippen molar-refractivity contribution >= 4 is 39.5 Å². The summed E-state index contributed by atoms with van der Waals surface area (Å²) in [7, 11) is -9.96. The molecule has 0 aliphatic heterocycles. The second kappa shape index (κ2) is 77.4. The normalized spacial score (nSPS) is 14.3. The molecular formula is C85H152O17P2. The van der Waals surface area contributed by atoms with Crippen LogP contribution in [0.15, 0.2) is 85.1 Å². The van der Waals surface area contributed by atoms with Crippen LogP contribution in [0.4, 0.5) is 0 Å². The van der Waals surface area contributed by atoms with E-state index >= 15 is 0 Å². The molecule has 0 heterocycles. The SMILES string of the molecule is CC/C=C\C/C=C\C/C=C\C/C=C\CCCCCCC(=O)OCC(COP(=O)(O)OCC(O)COP(=O)(O)OCC(COC(=O)CCCCCCCC/C=C\C/C=C\C/C=C\CCCCC)OC(=O)CCCCCCCCCCCCCCCCC)OC(=O)CCCCCCCCCCCCCCC. The highest BCUT2D eigenvalue weighted by Gasteiger charge is 2.30. The third-order valence-electron chi connectivity index (χ3n) is 17.9. The van der Waals surface area contributed by atoms with E-state index in [0.717, 1.165) is 161 Å². The van der Waals surface area contributed by atoms with Gasteiger partial charge in [-0.2, -0.15) is 0 Å². The van der Waals surface area contributed by atoms with Crippen LogP contribution in [0, 0.1) is 0 Å². The fourth-order valence-corrected chi connectivity index (χ4v) is 13.1. The number of unbranched alkanes of at least 4 members (excludes halogenated alkanes) is 39. The van der Waals surface area contributed by atoms with Crippen molar-refractivity contribution in [2.45, 2.75) is 393 Å². The number of hydrogen-bond donors (Lipinski definition) is 3. The fourth-order valence-electron chi connectivity index (χ4n) is 11.5. The summed E-state index contributed by atoms with van der Waals surface area (Å²) in [6.07, 6.45) is 81.1. The summed E-state index contributed by atoms with van der Waals surface area (Å²) in [5.74, 6) is -2.18. The molecule has 19 heteroatoms. The molecule has 0 fully saturated rings. The van der Waals surface area contributed by atoms with Crippen molar-refractivity contribution in [3.05, 3.63) is 85.1 Å². The van der Waals surface area contributed by atoms with E-state index < -0.39 is 97.5 Å². The summed E-state index contributed by atoms with van der Waals surface area (Å²) >= 11 is 0. The number of aliphatic hydroxyl groups is 1. The van der Waals surface area contributed by atoms with Gasteiger partial charge in [0, 0.05) is 25.7 Å². The van der Waals surface area contributed by atoms with Crippen LogP contribution in [0.2, 0.25) is 0 Å². The second-order valence-electron chi connectivity index (χ2n) is 28.1. The van der Waals surface area contributed by atoms with Crippen LogP contribution in [0.1, 0.15) is 374 Å². The van der Waals surface area contributed by atoms with Gasteiger partial charge in [0.2, 0.25) is 0 Å². The molecule has 0 aromatic heterocycles. The van der Waals surface area contributed by atoms with Crippen LogP contribution >= 0.6 is 15.6 Å². The Balaban J connectivity index is 5.34. The van der Waals surface area contributed by atoms with E-state index in [1.54, 1.807) is 0 Å². The second-order valence-corrected chi connectivity index (χ2v) is 31.0. The van der Waals surface area contributed by atoms with Gasteiger partial charge in [-0.25, -0.2) is 9.13 Å². The first kappa shape index (κ1) is 100. The quantitative estimate of drug-likeness (QED) is 0.0169. The minimum Gasteiger partial charge on any atom is -0.462 e. The number of aliphatic hydroxyl groups excluding tert-OH is 1. The van der Waals surface area contributed by atoms with E-state index in [-0.39, 0.29) is 25.7 Å². The van der Waals surface area contributed by atoms with Crippen molar-refractivity contribution in [3.8, 4) is 0 Å². The van der Waals surface area contributed by atoms with Gasteiger partial charge in [0.1, 0.15) is 19.3 Å². The first-order chi connectivity index (χ1) is 50.7. The Kier molecular flexibility index (Phi) is 74.6. The zero-order chi connectivity index (χ0) is 76.0. The van der Waals surface area contributed by atoms with Crippen molar-refractivity contribution in [1.82, 2.24) is 0 Å². The molecule has 0 radical (unpaired) electrons. The lowest BCUT2D eigenvalue weighted by molar-refractivity contribution is -0.161. The molecule has 0 amide bonds. The first-order valence-corrected chi connectivity index (χ1v) is 44.8. The molecule has 0 saturated carbocycles. The van der Waals surface area contributed by atoms with Gasteiger partial charge in [0.25, 0.3) is 0 Å². The number of phosphoric acid groups is 2. The highest BCUT2D eigenvalue weighted by Crippen LogP contribution is 2.45. The third-order valence-corrected chi connectivity index (χ3v) is 19.8. The largest absolute Gasteiger partial charge is 0.472 e. The molecule has 0 aromatic carbocycles. The standard InChI is InChI=1S/C85H152O17P2/c1-5-9-13-17-21-25-29-33-36-38-39-41-44-47-50-54-58-62-66-70-83(88)96-76-81(102-85(90)72-68-64-60-56-52-48-42-35-31-27-23-19-15-11-7-3)78-100-104(93,94)98-74-79(86)73-97-103(91,92)99-77-80(101-84(89)71-67-63-59-55-51-45-32-28-24-20-16-12-8-4)75-95-82(87)69-65-61-57-53-49-46-43-40-37-34-30-26-22-18-14-10-6-2/h10,14,21-22,25-26,33-34,36-37,39,41,43,46,79-81,86H,5-9,11-13,15-20,23-24,27-32,35,38,40,42,44-45,47-78H2,1-4H3,(H,91,92)(H,93,94)/b14-10-,25-21-,26-22-,36-33-,37-34-,41-39-,46-43-. The zero-order valence-electron chi connectivity index (χ0n) is 66.2. The summed E-state index contributed by atoms with van der Waals surface area (Å²) in [5, 5.41) is 10.7. The molecule has 3 N–H and O–H groups in total. The summed E-state index contributed by atoms with van der Waals surface area (Å²) in [5.41, 5.74) is 0. The van der Waals surface area contributed by atoms with Gasteiger partial charge in [-0.1, -0.05) is 331 Å². The number of ether oxygens (including phenoxy) is 4. The van der Waals surface area contributed by atoms with Crippen molar-refractivity contribution in [2.24, 2.45) is 0 Å². The van der Waals surface area contributed by atoms with Crippen LogP contribution in [-0.4, -0.2) is 96.7 Å². The maximum Gasteiger partial charge on any atom is 0.472 e. The number of esters is 4. The summed E-state index contributed by atoms with van der Waals surface area (Å²) in [6.45, 7) is 4.77. The van der Waals surface area contributed by atoms with Gasteiger partial charge in [-0.15, -0.1) is 0 Å².